The van der Waals surface area contributed by atoms with E-state index in [-0.39, 0.29) is 35.0 Å². The number of hydrogen-bond acceptors (Lipinski definition) is 6. The lowest BCUT2D eigenvalue weighted by molar-refractivity contribution is -0.383. The molecule has 1 aromatic heterocycles. The summed E-state index contributed by atoms with van der Waals surface area (Å²) in [5.41, 5.74) is 5.15. The Bertz CT molecular complexity index is 883. The zero-order valence-electron chi connectivity index (χ0n) is 12.4. The Kier molecular flexibility index (Phi) is 3.51. The number of benzene rings is 1. The summed E-state index contributed by atoms with van der Waals surface area (Å²) in [4.78, 5) is 35.0. The van der Waals surface area contributed by atoms with E-state index in [1.165, 1.54) is 12.3 Å². The van der Waals surface area contributed by atoms with Crippen molar-refractivity contribution in [1.29, 1.82) is 0 Å². The molecule has 0 amide bonds. The van der Waals surface area contributed by atoms with Gasteiger partial charge in [-0.2, -0.15) is 0 Å². The fourth-order valence-corrected chi connectivity index (χ4v) is 2.57. The van der Waals surface area contributed by atoms with Crippen molar-refractivity contribution < 1.29 is 14.5 Å². The summed E-state index contributed by atoms with van der Waals surface area (Å²) in [5, 5.41) is 11.2. The molecule has 1 aliphatic carbocycles. The Morgan fingerprint density at radius 3 is 2.74 bits per heavy atom. The number of hydrogen-bond donors (Lipinski definition) is 1. The van der Waals surface area contributed by atoms with Gasteiger partial charge in [0.05, 0.1) is 22.4 Å². The van der Waals surface area contributed by atoms with Gasteiger partial charge < -0.3 is 15.0 Å². The van der Waals surface area contributed by atoms with Crippen molar-refractivity contribution in [2.24, 2.45) is 0 Å². The number of carbonyl (C=O) groups is 1. The number of nitro benzene ring substituents is 1. The molecule has 0 unspecified atom stereocenters. The molecule has 0 aliphatic heterocycles. The Balaban J connectivity index is 2.34. The predicted octanol–water partition coefficient (Wildman–Crippen LogP) is 2.00. The minimum absolute atomic E-state index is 0.0137. The first-order chi connectivity index (χ1) is 10.9. The van der Waals surface area contributed by atoms with E-state index >= 15 is 0 Å². The number of aromatic nitrogens is 1. The third-order valence-corrected chi connectivity index (χ3v) is 3.81. The van der Waals surface area contributed by atoms with E-state index in [2.05, 4.69) is 0 Å². The number of anilines is 1. The fraction of sp³-hybridized carbons (Fsp3) is 0.333. The lowest BCUT2D eigenvalue weighted by Crippen LogP contribution is -2.21. The Hall–Kier alpha value is -2.90. The molecule has 23 heavy (non-hydrogen) atoms. The van der Waals surface area contributed by atoms with E-state index in [4.69, 9.17) is 10.5 Å². The van der Waals surface area contributed by atoms with Gasteiger partial charge in [-0.3, -0.25) is 14.9 Å². The van der Waals surface area contributed by atoms with Crippen molar-refractivity contribution in [3.8, 4) is 0 Å². The Morgan fingerprint density at radius 2 is 2.17 bits per heavy atom. The maximum absolute atomic E-state index is 12.5. The van der Waals surface area contributed by atoms with Crippen LogP contribution in [0.4, 0.5) is 11.4 Å². The first kappa shape index (κ1) is 15.0. The Morgan fingerprint density at radius 1 is 1.48 bits per heavy atom. The molecule has 0 spiro atoms. The molecule has 120 valence electrons. The lowest BCUT2D eigenvalue weighted by Gasteiger charge is -2.13. The second kappa shape index (κ2) is 5.38. The molecule has 0 saturated heterocycles. The normalized spacial score (nSPS) is 14.0. The SMILES string of the molecule is CCOC(=O)c1cn(C2CC2)c2cc(N)c([N+](=O)[O-])cc2c1=O. The Labute approximate surface area is 130 Å². The molecule has 3 rings (SSSR count). The number of rotatable bonds is 4. The maximum Gasteiger partial charge on any atom is 0.343 e. The highest BCUT2D eigenvalue weighted by molar-refractivity contribution is 5.95. The molecule has 1 aliphatic rings. The molecular weight excluding hydrogens is 302 g/mol. The molecule has 2 N–H and O–H groups in total. The third-order valence-electron chi connectivity index (χ3n) is 3.81. The molecule has 2 aromatic rings. The van der Waals surface area contributed by atoms with Crippen molar-refractivity contribution in [3.05, 3.63) is 44.2 Å². The van der Waals surface area contributed by atoms with E-state index in [1.807, 2.05) is 0 Å². The van der Waals surface area contributed by atoms with Gasteiger partial charge in [0.25, 0.3) is 5.69 Å². The highest BCUT2D eigenvalue weighted by Crippen LogP contribution is 2.38. The standard InChI is InChI=1S/C15H15N3O5/c1-2-23-15(20)10-7-17(8-3-4-8)12-6-11(16)13(18(21)22)5-9(12)14(10)19/h5-8H,2-4,16H2,1H3. The van der Waals surface area contributed by atoms with Crippen LogP contribution in [0, 0.1) is 10.1 Å². The van der Waals surface area contributed by atoms with Gasteiger partial charge in [0, 0.05) is 18.3 Å². The van der Waals surface area contributed by atoms with Crippen LogP contribution in [0.2, 0.25) is 0 Å². The minimum atomic E-state index is -0.728. The summed E-state index contributed by atoms with van der Waals surface area (Å²) in [6.45, 7) is 1.78. The van der Waals surface area contributed by atoms with E-state index in [0.29, 0.717) is 5.52 Å². The molecule has 0 radical (unpaired) electrons. The predicted molar refractivity (Wildman–Crippen MR) is 83.5 cm³/mol. The molecule has 1 saturated carbocycles. The number of nitrogen functional groups attached to an aromatic ring is 1. The van der Waals surface area contributed by atoms with Crippen LogP contribution in [0.15, 0.2) is 23.1 Å². The van der Waals surface area contributed by atoms with Crippen LogP contribution >= 0.6 is 0 Å². The number of pyridine rings is 1. The number of nitro groups is 1. The molecular formula is C15H15N3O5. The molecule has 1 aromatic carbocycles. The second-order valence-corrected chi connectivity index (χ2v) is 5.42. The molecule has 1 heterocycles. The summed E-state index contributed by atoms with van der Waals surface area (Å²) >= 11 is 0. The first-order valence-electron chi connectivity index (χ1n) is 7.24. The van der Waals surface area contributed by atoms with Crippen LogP contribution in [0.25, 0.3) is 10.9 Å². The largest absolute Gasteiger partial charge is 0.462 e. The third kappa shape index (κ3) is 2.52. The van der Waals surface area contributed by atoms with Gasteiger partial charge in [-0.1, -0.05) is 0 Å². The average Bonchev–Trinajstić information content (AvgIpc) is 3.31. The smallest absolute Gasteiger partial charge is 0.343 e. The number of fused-ring (bicyclic) bond motifs is 1. The molecule has 8 heteroatoms. The molecule has 0 atom stereocenters. The zero-order chi connectivity index (χ0) is 16.7. The van der Waals surface area contributed by atoms with Gasteiger partial charge in [-0.05, 0) is 25.8 Å². The zero-order valence-corrected chi connectivity index (χ0v) is 12.4. The molecule has 0 bridgehead atoms. The number of esters is 1. The van der Waals surface area contributed by atoms with Crippen LogP contribution in [0.1, 0.15) is 36.2 Å². The quantitative estimate of drug-likeness (QED) is 0.399. The molecule has 1 fully saturated rings. The van der Waals surface area contributed by atoms with E-state index in [1.54, 1.807) is 11.5 Å². The van der Waals surface area contributed by atoms with E-state index in [9.17, 15) is 19.7 Å². The van der Waals surface area contributed by atoms with E-state index in [0.717, 1.165) is 18.9 Å². The topological polar surface area (TPSA) is 117 Å². The summed E-state index contributed by atoms with van der Waals surface area (Å²) in [5.74, 6) is -0.728. The number of ether oxygens (including phenoxy) is 1. The number of nitrogens with two attached hydrogens (primary N) is 1. The summed E-state index contributed by atoms with van der Waals surface area (Å²) < 4.78 is 6.68. The summed E-state index contributed by atoms with van der Waals surface area (Å²) in [6.07, 6.45) is 3.29. The van der Waals surface area contributed by atoms with Gasteiger partial charge in [-0.15, -0.1) is 0 Å². The molecule has 8 nitrogen and oxygen atoms in total. The van der Waals surface area contributed by atoms with Crippen LogP contribution in [0.5, 0.6) is 0 Å². The van der Waals surface area contributed by atoms with Crippen LogP contribution < -0.4 is 11.2 Å². The summed E-state index contributed by atoms with van der Waals surface area (Å²) in [6, 6.07) is 2.71. The van der Waals surface area contributed by atoms with Gasteiger partial charge >= 0.3 is 5.97 Å². The first-order valence-corrected chi connectivity index (χ1v) is 7.24. The lowest BCUT2D eigenvalue weighted by atomic mass is 10.1. The van der Waals surface area contributed by atoms with Crippen LogP contribution in [-0.2, 0) is 4.74 Å². The van der Waals surface area contributed by atoms with Gasteiger partial charge in [-0.25, -0.2) is 4.79 Å². The number of nitrogens with zero attached hydrogens (tertiary/aromatic N) is 2. The number of carbonyl (C=O) groups excluding carboxylic acids is 1. The van der Waals surface area contributed by atoms with Gasteiger partial charge in [0.15, 0.2) is 0 Å². The van der Waals surface area contributed by atoms with Crippen molar-refractivity contribution in [2.75, 3.05) is 12.3 Å². The highest BCUT2D eigenvalue weighted by atomic mass is 16.6. The van der Waals surface area contributed by atoms with Gasteiger partial charge in [0.2, 0.25) is 5.43 Å². The van der Waals surface area contributed by atoms with Crippen molar-refractivity contribution in [3.63, 3.8) is 0 Å². The highest BCUT2D eigenvalue weighted by Gasteiger charge is 2.28. The van der Waals surface area contributed by atoms with Crippen LogP contribution in [-0.4, -0.2) is 22.1 Å². The average molecular weight is 317 g/mol. The maximum atomic E-state index is 12.5. The second-order valence-electron chi connectivity index (χ2n) is 5.42. The van der Waals surface area contributed by atoms with Crippen molar-refractivity contribution >= 4 is 28.2 Å². The van der Waals surface area contributed by atoms with Crippen LogP contribution in [0.3, 0.4) is 0 Å². The monoisotopic (exact) mass is 317 g/mol. The van der Waals surface area contributed by atoms with Gasteiger partial charge in [0.1, 0.15) is 11.3 Å². The minimum Gasteiger partial charge on any atom is -0.462 e. The van der Waals surface area contributed by atoms with Crippen molar-refractivity contribution in [2.45, 2.75) is 25.8 Å². The van der Waals surface area contributed by atoms with E-state index < -0.39 is 16.3 Å². The summed E-state index contributed by atoms with van der Waals surface area (Å²) in [7, 11) is 0. The fourth-order valence-electron chi connectivity index (χ4n) is 2.57. The van der Waals surface area contributed by atoms with Crippen molar-refractivity contribution in [1.82, 2.24) is 4.57 Å².